The van der Waals surface area contributed by atoms with Crippen LogP contribution in [0.25, 0.3) is 11.0 Å². The Hall–Kier alpha value is -2.14. The van der Waals surface area contributed by atoms with Crippen molar-refractivity contribution in [3.63, 3.8) is 0 Å². The smallest absolute Gasteiger partial charge is 0.336 e. The summed E-state index contributed by atoms with van der Waals surface area (Å²) in [6.07, 6.45) is 0.556. The van der Waals surface area contributed by atoms with Crippen LogP contribution in [-0.2, 0) is 4.79 Å². The minimum absolute atomic E-state index is 0.310. The molecule has 2 aromatic rings. The van der Waals surface area contributed by atoms with Gasteiger partial charge in [-0.1, -0.05) is 13.8 Å². The molecule has 0 radical (unpaired) electrons. The van der Waals surface area contributed by atoms with E-state index >= 15 is 0 Å². The van der Waals surface area contributed by atoms with Crippen LogP contribution in [-0.4, -0.2) is 12.0 Å². The van der Waals surface area contributed by atoms with Crippen LogP contribution in [0.3, 0.4) is 0 Å². The standard InChI is InChI=1S/C16H19NO4/c1-9(2)6-13(17)16(19)20-11-4-5-12-10(3)7-15(18)21-14(12)8-11/h4-5,7-9,13H,6,17H2,1-3H3/t13-/m1/s1. The van der Waals surface area contributed by atoms with Gasteiger partial charge in [0.05, 0.1) is 0 Å². The van der Waals surface area contributed by atoms with E-state index in [-0.39, 0.29) is 0 Å². The minimum Gasteiger partial charge on any atom is -0.425 e. The number of nitrogens with two attached hydrogens (primary N) is 1. The molecule has 1 atom stereocenters. The molecule has 21 heavy (non-hydrogen) atoms. The zero-order chi connectivity index (χ0) is 15.6. The molecule has 1 aromatic carbocycles. The minimum atomic E-state index is -0.662. The summed E-state index contributed by atoms with van der Waals surface area (Å²) in [6.45, 7) is 5.80. The van der Waals surface area contributed by atoms with E-state index in [4.69, 9.17) is 14.9 Å². The maximum atomic E-state index is 11.9. The van der Waals surface area contributed by atoms with Crippen LogP contribution < -0.4 is 16.1 Å². The average Bonchev–Trinajstić information content (AvgIpc) is 2.37. The molecular formula is C16H19NO4. The Morgan fingerprint density at radius 3 is 2.71 bits per heavy atom. The molecule has 5 nitrogen and oxygen atoms in total. The van der Waals surface area contributed by atoms with Crippen LogP contribution in [0.5, 0.6) is 5.75 Å². The van der Waals surface area contributed by atoms with E-state index < -0.39 is 17.6 Å². The largest absolute Gasteiger partial charge is 0.425 e. The van der Waals surface area contributed by atoms with Crippen molar-refractivity contribution in [3.8, 4) is 5.75 Å². The van der Waals surface area contributed by atoms with Crippen molar-refractivity contribution in [2.24, 2.45) is 11.7 Å². The van der Waals surface area contributed by atoms with Gasteiger partial charge in [-0.15, -0.1) is 0 Å². The molecule has 2 rings (SSSR count). The Bertz CT molecular complexity index is 718. The zero-order valence-corrected chi connectivity index (χ0v) is 12.4. The molecule has 1 aromatic heterocycles. The predicted octanol–water partition coefficient (Wildman–Crippen LogP) is 2.38. The van der Waals surface area contributed by atoms with E-state index in [2.05, 4.69) is 0 Å². The first-order valence-corrected chi connectivity index (χ1v) is 6.88. The van der Waals surface area contributed by atoms with Crippen LogP contribution in [0.4, 0.5) is 0 Å². The fraction of sp³-hybridized carbons (Fsp3) is 0.375. The number of esters is 1. The van der Waals surface area contributed by atoms with Gasteiger partial charge in [0.15, 0.2) is 0 Å². The first kappa shape index (κ1) is 15.3. The average molecular weight is 289 g/mol. The van der Waals surface area contributed by atoms with Gasteiger partial charge in [0, 0.05) is 17.5 Å². The van der Waals surface area contributed by atoms with Gasteiger partial charge >= 0.3 is 11.6 Å². The highest BCUT2D eigenvalue weighted by atomic mass is 16.5. The third-order valence-corrected chi connectivity index (χ3v) is 3.17. The highest BCUT2D eigenvalue weighted by Gasteiger charge is 2.17. The molecule has 0 bridgehead atoms. The Balaban J connectivity index is 2.23. The summed E-state index contributed by atoms with van der Waals surface area (Å²) in [4.78, 5) is 23.3. The summed E-state index contributed by atoms with van der Waals surface area (Å²) in [7, 11) is 0. The van der Waals surface area contributed by atoms with Crippen LogP contribution in [0.1, 0.15) is 25.8 Å². The molecule has 2 N–H and O–H groups in total. The normalized spacial score (nSPS) is 12.6. The van der Waals surface area contributed by atoms with Crippen molar-refractivity contribution >= 4 is 16.9 Å². The number of hydrogen-bond acceptors (Lipinski definition) is 5. The third kappa shape index (κ3) is 3.70. The molecular weight excluding hydrogens is 270 g/mol. The van der Waals surface area contributed by atoms with Gasteiger partial charge in [-0.05, 0) is 37.0 Å². The second kappa shape index (κ2) is 6.10. The lowest BCUT2D eigenvalue weighted by Crippen LogP contribution is -2.35. The van der Waals surface area contributed by atoms with Gasteiger partial charge < -0.3 is 14.9 Å². The summed E-state index contributed by atoms with van der Waals surface area (Å²) in [6, 6.07) is 5.71. The Kier molecular flexibility index (Phi) is 4.43. The van der Waals surface area contributed by atoms with E-state index in [0.29, 0.717) is 23.7 Å². The molecule has 0 amide bonds. The first-order valence-electron chi connectivity index (χ1n) is 6.88. The molecule has 0 aliphatic carbocycles. The second-order valence-electron chi connectivity index (χ2n) is 5.56. The van der Waals surface area contributed by atoms with Crippen molar-refractivity contribution in [1.82, 2.24) is 0 Å². The maximum Gasteiger partial charge on any atom is 0.336 e. The summed E-state index contributed by atoms with van der Waals surface area (Å²) >= 11 is 0. The van der Waals surface area contributed by atoms with Crippen molar-refractivity contribution in [1.29, 1.82) is 0 Å². The van der Waals surface area contributed by atoms with Gasteiger partial charge in [0.2, 0.25) is 0 Å². The van der Waals surface area contributed by atoms with Crippen LogP contribution in [0.2, 0.25) is 0 Å². The fourth-order valence-corrected chi connectivity index (χ4v) is 2.16. The van der Waals surface area contributed by atoms with Crippen molar-refractivity contribution in [3.05, 3.63) is 40.2 Å². The monoisotopic (exact) mass is 289 g/mol. The highest BCUT2D eigenvalue weighted by Crippen LogP contribution is 2.22. The van der Waals surface area contributed by atoms with E-state index in [1.54, 1.807) is 12.1 Å². The number of fused-ring (bicyclic) bond motifs is 1. The second-order valence-corrected chi connectivity index (χ2v) is 5.56. The quantitative estimate of drug-likeness (QED) is 0.531. The SMILES string of the molecule is Cc1cc(=O)oc2cc(OC(=O)[C@H](N)CC(C)C)ccc12. The molecule has 112 valence electrons. The molecule has 0 saturated heterocycles. The van der Waals surface area contributed by atoms with Gasteiger partial charge in [-0.2, -0.15) is 0 Å². The summed E-state index contributed by atoms with van der Waals surface area (Å²) < 4.78 is 10.4. The van der Waals surface area contributed by atoms with Gasteiger partial charge in [-0.25, -0.2) is 9.59 Å². The molecule has 0 fully saturated rings. The molecule has 0 saturated carbocycles. The summed E-state index contributed by atoms with van der Waals surface area (Å²) in [5.41, 5.74) is 6.56. The molecule has 0 aliphatic heterocycles. The summed E-state index contributed by atoms with van der Waals surface area (Å²) in [5, 5.41) is 0.806. The lowest BCUT2D eigenvalue weighted by atomic mass is 10.1. The zero-order valence-electron chi connectivity index (χ0n) is 12.4. The number of hydrogen-bond donors (Lipinski definition) is 1. The van der Waals surface area contributed by atoms with Crippen LogP contribution >= 0.6 is 0 Å². The molecule has 0 aliphatic rings. The number of carbonyl (C=O) groups excluding carboxylic acids is 1. The molecule has 0 unspecified atom stereocenters. The van der Waals surface area contributed by atoms with Crippen molar-refractivity contribution in [2.75, 3.05) is 0 Å². The number of ether oxygens (including phenoxy) is 1. The van der Waals surface area contributed by atoms with Gasteiger partial charge in [-0.3, -0.25) is 0 Å². The Morgan fingerprint density at radius 1 is 1.33 bits per heavy atom. The van der Waals surface area contributed by atoms with Crippen molar-refractivity contribution in [2.45, 2.75) is 33.2 Å². The van der Waals surface area contributed by atoms with Gasteiger partial charge in [0.25, 0.3) is 0 Å². The fourth-order valence-electron chi connectivity index (χ4n) is 2.16. The van der Waals surface area contributed by atoms with E-state index in [1.165, 1.54) is 12.1 Å². The van der Waals surface area contributed by atoms with E-state index in [9.17, 15) is 9.59 Å². The van der Waals surface area contributed by atoms with Crippen LogP contribution in [0, 0.1) is 12.8 Å². The predicted molar refractivity (Wildman–Crippen MR) is 80.3 cm³/mol. The number of benzene rings is 1. The third-order valence-electron chi connectivity index (χ3n) is 3.17. The van der Waals surface area contributed by atoms with Gasteiger partial charge in [0.1, 0.15) is 17.4 Å². The lowest BCUT2D eigenvalue weighted by molar-refractivity contribution is -0.136. The molecule has 5 heteroatoms. The lowest BCUT2D eigenvalue weighted by Gasteiger charge is -2.13. The summed E-state index contributed by atoms with van der Waals surface area (Å²) in [5.74, 6) is 0.142. The molecule has 1 heterocycles. The molecule has 0 spiro atoms. The number of carbonyl (C=O) groups is 1. The van der Waals surface area contributed by atoms with Crippen LogP contribution in [0.15, 0.2) is 33.5 Å². The van der Waals surface area contributed by atoms with E-state index in [1.807, 2.05) is 20.8 Å². The number of aryl methyl sites for hydroxylation is 1. The first-order chi connectivity index (χ1) is 9.86. The van der Waals surface area contributed by atoms with E-state index in [0.717, 1.165) is 10.9 Å². The van der Waals surface area contributed by atoms with Crippen molar-refractivity contribution < 1.29 is 13.9 Å². The topological polar surface area (TPSA) is 82.5 Å². The Morgan fingerprint density at radius 2 is 2.05 bits per heavy atom. The number of rotatable bonds is 4. The maximum absolute atomic E-state index is 11.9. The Labute approximate surface area is 122 Å². The highest BCUT2D eigenvalue weighted by molar-refractivity contribution is 5.83.